The van der Waals surface area contributed by atoms with E-state index < -0.39 is 9.84 Å². The fourth-order valence-corrected chi connectivity index (χ4v) is 4.75. The highest BCUT2D eigenvalue weighted by Crippen LogP contribution is 2.28. The Morgan fingerprint density at radius 1 is 1.38 bits per heavy atom. The normalized spacial score (nSPS) is 13.9. The van der Waals surface area contributed by atoms with Crippen molar-refractivity contribution in [3.8, 4) is 0 Å². The summed E-state index contributed by atoms with van der Waals surface area (Å²) >= 11 is 2.73. The first-order valence-electron chi connectivity index (χ1n) is 5.22. The molecule has 1 atom stereocenters. The van der Waals surface area contributed by atoms with Gasteiger partial charge in [-0.05, 0) is 19.8 Å². The lowest BCUT2D eigenvalue weighted by Crippen LogP contribution is -2.16. The van der Waals surface area contributed by atoms with Gasteiger partial charge in [0.25, 0.3) is 0 Å². The summed E-state index contributed by atoms with van der Waals surface area (Å²) in [5, 5.41) is 7.27. The van der Waals surface area contributed by atoms with E-state index >= 15 is 0 Å². The maximum atomic E-state index is 11.9. The van der Waals surface area contributed by atoms with Crippen molar-refractivity contribution in [1.82, 2.24) is 10.2 Å². The average Bonchev–Trinajstić information content (AvgIpc) is 2.74. The van der Waals surface area contributed by atoms with Crippen molar-refractivity contribution in [1.29, 1.82) is 0 Å². The van der Waals surface area contributed by atoms with Crippen LogP contribution in [0.1, 0.15) is 33.6 Å². The van der Waals surface area contributed by atoms with E-state index in [2.05, 4.69) is 17.1 Å². The Bertz CT molecular complexity index is 428. The molecule has 1 unspecified atom stereocenters. The Balaban J connectivity index is 2.85. The Hall–Kier alpha value is -0.140. The molecule has 4 nitrogen and oxygen atoms in total. The first kappa shape index (κ1) is 13.9. The molecule has 0 saturated carbocycles. The molecule has 0 saturated heterocycles. The Kier molecular flexibility index (Phi) is 5.20. The molecule has 0 aromatic carbocycles. The minimum absolute atomic E-state index is 0.153. The van der Waals surface area contributed by atoms with Crippen molar-refractivity contribution in [2.24, 2.45) is 0 Å². The molecule has 0 aliphatic carbocycles. The summed E-state index contributed by atoms with van der Waals surface area (Å²) < 4.78 is 24.8. The smallest absolute Gasteiger partial charge is 0.221 e. The van der Waals surface area contributed by atoms with E-state index in [0.717, 1.165) is 16.5 Å². The molecule has 0 aliphatic heterocycles. The third kappa shape index (κ3) is 3.18. The highest BCUT2D eigenvalue weighted by atomic mass is 32.2. The topological polar surface area (TPSA) is 59.9 Å². The average molecular weight is 280 g/mol. The Labute approximate surface area is 105 Å². The van der Waals surface area contributed by atoms with Crippen LogP contribution < -0.4 is 0 Å². The third-order valence-electron chi connectivity index (χ3n) is 2.17. The summed E-state index contributed by atoms with van der Waals surface area (Å²) in [6, 6.07) is 0. The molecule has 0 radical (unpaired) electrons. The maximum Gasteiger partial charge on any atom is 0.233 e. The van der Waals surface area contributed by atoms with Gasteiger partial charge in [-0.1, -0.05) is 36.9 Å². The van der Waals surface area contributed by atoms with E-state index in [-0.39, 0.29) is 9.59 Å². The standard InChI is InChI=1S/C9H16N2O2S3/c1-4-6-14-8-10-11-9(15-8)16(12,13)7(3)5-2/h7H,4-6H2,1-3H3. The Morgan fingerprint density at radius 3 is 2.62 bits per heavy atom. The van der Waals surface area contributed by atoms with Crippen LogP contribution >= 0.6 is 23.1 Å². The number of aromatic nitrogens is 2. The number of sulfone groups is 1. The number of nitrogens with zero attached hydrogens (tertiary/aromatic N) is 2. The molecule has 1 aromatic heterocycles. The van der Waals surface area contributed by atoms with Gasteiger partial charge in [-0.3, -0.25) is 0 Å². The van der Waals surface area contributed by atoms with Crippen molar-refractivity contribution < 1.29 is 8.42 Å². The molecule has 1 aromatic rings. The van der Waals surface area contributed by atoms with Crippen molar-refractivity contribution in [3.63, 3.8) is 0 Å². The summed E-state index contributed by atoms with van der Waals surface area (Å²) in [6.07, 6.45) is 1.64. The molecule has 92 valence electrons. The molecular formula is C9H16N2O2S3. The van der Waals surface area contributed by atoms with E-state index in [9.17, 15) is 8.42 Å². The zero-order valence-electron chi connectivity index (χ0n) is 9.63. The predicted molar refractivity (Wildman–Crippen MR) is 67.9 cm³/mol. The number of hydrogen-bond donors (Lipinski definition) is 0. The quantitative estimate of drug-likeness (QED) is 0.750. The highest BCUT2D eigenvalue weighted by molar-refractivity contribution is 8.01. The number of rotatable bonds is 6. The second kappa shape index (κ2) is 5.97. The van der Waals surface area contributed by atoms with Gasteiger partial charge in [-0.2, -0.15) is 0 Å². The van der Waals surface area contributed by atoms with Crippen LogP contribution in [-0.4, -0.2) is 29.6 Å². The molecule has 16 heavy (non-hydrogen) atoms. The van der Waals surface area contributed by atoms with Crippen molar-refractivity contribution in [2.75, 3.05) is 5.75 Å². The van der Waals surface area contributed by atoms with Gasteiger partial charge < -0.3 is 0 Å². The van der Waals surface area contributed by atoms with E-state index in [4.69, 9.17) is 0 Å². The van der Waals surface area contributed by atoms with Gasteiger partial charge in [-0.15, -0.1) is 10.2 Å². The number of thioether (sulfide) groups is 1. The van der Waals surface area contributed by atoms with Crippen LogP contribution in [0.5, 0.6) is 0 Å². The van der Waals surface area contributed by atoms with E-state index in [0.29, 0.717) is 6.42 Å². The van der Waals surface area contributed by atoms with Crippen LogP contribution in [0.4, 0.5) is 0 Å². The number of hydrogen-bond acceptors (Lipinski definition) is 6. The van der Waals surface area contributed by atoms with Gasteiger partial charge in [0.15, 0.2) is 4.34 Å². The van der Waals surface area contributed by atoms with E-state index in [1.807, 2.05) is 6.92 Å². The lowest BCUT2D eigenvalue weighted by atomic mass is 10.4. The van der Waals surface area contributed by atoms with Gasteiger partial charge in [0, 0.05) is 5.75 Å². The Morgan fingerprint density at radius 2 is 2.06 bits per heavy atom. The maximum absolute atomic E-state index is 11.9. The molecular weight excluding hydrogens is 264 g/mol. The molecule has 1 rings (SSSR count). The lowest BCUT2D eigenvalue weighted by Gasteiger charge is -2.05. The molecule has 1 heterocycles. The summed E-state index contributed by atoms with van der Waals surface area (Å²) in [6.45, 7) is 5.64. The molecule has 7 heteroatoms. The van der Waals surface area contributed by atoms with Gasteiger partial charge in [-0.25, -0.2) is 8.42 Å². The van der Waals surface area contributed by atoms with Gasteiger partial charge in [0.05, 0.1) is 5.25 Å². The zero-order valence-corrected chi connectivity index (χ0v) is 12.1. The first-order chi connectivity index (χ1) is 7.52. The third-order valence-corrected chi connectivity index (χ3v) is 7.13. The van der Waals surface area contributed by atoms with Gasteiger partial charge in [0.1, 0.15) is 0 Å². The van der Waals surface area contributed by atoms with Crippen LogP contribution in [-0.2, 0) is 9.84 Å². The van der Waals surface area contributed by atoms with Crippen molar-refractivity contribution >= 4 is 32.9 Å². The summed E-state index contributed by atoms with van der Waals surface area (Å²) in [4.78, 5) is 0. The lowest BCUT2D eigenvalue weighted by molar-refractivity contribution is 0.579. The monoisotopic (exact) mass is 280 g/mol. The summed E-state index contributed by atoms with van der Waals surface area (Å²) in [5.74, 6) is 0.942. The van der Waals surface area contributed by atoms with Crippen LogP contribution in [0.25, 0.3) is 0 Å². The SMILES string of the molecule is CCCSc1nnc(S(=O)(=O)C(C)CC)s1. The summed E-state index contributed by atoms with van der Waals surface area (Å²) in [5.41, 5.74) is 0. The second-order valence-corrected chi connectivity index (χ2v) is 8.31. The molecule has 0 N–H and O–H groups in total. The highest BCUT2D eigenvalue weighted by Gasteiger charge is 2.26. The summed E-state index contributed by atoms with van der Waals surface area (Å²) in [7, 11) is -3.26. The minimum atomic E-state index is -3.26. The molecule has 0 aliphatic rings. The first-order valence-corrected chi connectivity index (χ1v) is 8.57. The molecule has 0 amide bonds. The molecule has 0 bridgehead atoms. The van der Waals surface area contributed by atoms with Crippen LogP contribution in [0.3, 0.4) is 0 Å². The fourth-order valence-electron chi connectivity index (χ4n) is 0.951. The van der Waals surface area contributed by atoms with Gasteiger partial charge >= 0.3 is 0 Å². The van der Waals surface area contributed by atoms with Crippen LogP contribution in [0.2, 0.25) is 0 Å². The van der Waals surface area contributed by atoms with E-state index in [1.54, 1.807) is 18.7 Å². The van der Waals surface area contributed by atoms with E-state index in [1.165, 1.54) is 11.3 Å². The van der Waals surface area contributed by atoms with Crippen molar-refractivity contribution in [3.05, 3.63) is 0 Å². The zero-order chi connectivity index (χ0) is 12.2. The minimum Gasteiger partial charge on any atom is -0.221 e. The van der Waals surface area contributed by atoms with Crippen LogP contribution in [0.15, 0.2) is 8.68 Å². The van der Waals surface area contributed by atoms with Crippen LogP contribution in [0, 0.1) is 0 Å². The second-order valence-electron chi connectivity index (χ2n) is 3.45. The molecule has 0 spiro atoms. The largest absolute Gasteiger partial charge is 0.233 e. The molecule has 0 fully saturated rings. The van der Waals surface area contributed by atoms with Crippen molar-refractivity contribution in [2.45, 2.75) is 47.5 Å². The predicted octanol–water partition coefficient (Wildman–Crippen LogP) is 2.61. The van der Waals surface area contributed by atoms with Gasteiger partial charge in [0.2, 0.25) is 14.2 Å². The fraction of sp³-hybridized carbons (Fsp3) is 0.778.